The molecule has 0 spiro atoms. The first-order valence-corrected chi connectivity index (χ1v) is 10.2. The number of likely N-dealkylation sites (N-methyl/N-ethyl adjacent to an activating group) is 1. The number of carbonyl (C=O) groups is 2. The highest BCUT2D eigenvalue weighted by Crippen LogP contribution is 2.10. The Bertz CT molecular complexity index is 405. The van der Waals surface area contributed by atoms with Crippen molar-refractivity contribution < 1.29 is 47.5 Å². The number of carbonyl (C=O) groups excluding carboxylic acids is 2. The summed E-state index contributed by atoms with van der Waals surface area (Å²) in [6.45, 7) is 3.71. The van der Waals surface area contributed by atoms with Crippen molar-refractivity contribution in [1.82, 2.24) is 0 Å². The Balaban J connectivity index is 0. The zero-order valence-electron chi connectivity index (χ0n) is 17.8. The minimum absolute atomic E-state index is 0. The molecular formula is C21H40INO4. The van der Waals surface area contributed by atoms with E-state index >= 15 is 0 Å². The second-order valence-electron chi connectivity index (χ2n) is 7.86. The van der Waals surface area contributed by atoms with Gasteiger partial charge in [0.2, 0.25) is 0 Å². The third-order valence-electron chi connectivity index (χ3n) is 4.10. The van der Waals surface area contributed by atoms with Gasteiger partial charge in [-0.05, 0) is 6.42 Å². The number of ether oxygens (including phenoxy) is 2. The lowest BCUT2D eigenvalue weighted by molar-refractivity contribution is -0.870. The maximum absolute atomic E-state index is 11.5. The maximum Gasteiger partial charge on any atom is 0.331 e. The van der Waals surface area contributed by atoms with E-state index < -0.39 is 11.9 Å². The van der Waals surface area contributed by atoms with E-state index in [1.807, 2.05) is 21.1 Å². The molecule has 0 aromatic rings. The van der Waals surface area contributed by atoms with Gasteiger partial charge in [-0.3, -0.25) is 0 Å². The van der Waals surface area contributed by atoms with Gasteiger partial charge in [-0.25, -0.2) is 9.59 Å². The smallest absolute Gasteiger partial charge is 0.331 e. The molecule has 0 aromatic carbocycles. The number of hydrogen-bond acceptors (Lipinski definition) is 4. The molecule has 0 saturated heterocycles. The average Bonchev–Trinajstić information content (AvgIpc) is 2.56. The molecule has 0 bridgehead atoms. The number of rotatable bonds is 16. The second kappa shape index (κ2) is 18.7. The fourth-order valence-corrected chi connectivity index (χ4v) is 2.41. The van der Waals surface area contributed by atoms with Crippen LogP contribution >= 0.6 is 0 Å². The van der Waals surface area contributed by atoms with E-state index in [2.05, 4.69) is 6.92 Å². The second-order valence-corrected chi connectivity index (χ2v) is 7.86. The first-order valence-electron chi connectivity index (χ1n) is 10.2. The molecule has 0 heterocycles. The van der Waals surface area contributed by atoms with Crippen molar-refractivity contribution in [1.29, 1.82) is 0 Å². The van der Waals surface area contributed by atoms with Crippen LogP contribution < -0.4 is 24.0 Å². The van der Waals surface area contributed by atoms with Crippen LogP contribution in [-0.2, 0) is 19.1 Å². The highest BCUT2D eigenvalue weighted by molar-refractivity contribution is 5.91. The van der Waals surface area contributed by atoms with Crippen LogP contribution in [0.3, 0.4) is 0 Å². The molecule has 0 atom stereocenters. The van der Waals surface area contributed by atoms with Crippen molar-refractivity contribution >= 4 is 11.9 Å². The molecule has 0 fully saturated rings. The van der Waals surface area contributed by atoms with Crippen LogP contribution in [0.1, 0.15) is 71.1 Å². The molecule has 0 aromatic heterocycles. The minimum atomic E-state index is -0.505. The Labute approximate surface area is 183 Å². The summed E-state index contributed by atoms with van der Waals surface area (Å²) in [6, 6.07) is 0. The zero-order valence-corrected chi connectivity index (χ0v) is 20.0. The van der Waals surface area contributed by atoms with E-state index in [0.29, 0.717) is 13.2 Å². The quantitative estimate of drug-likeness (QED) is 0.106. The van der Waals surface area contributed by atoms with Crippen molar-refractivity contribution in [3.63, 3.8) is 0 Å². The highest BCUT2D eigenvalue weighted by Gasteiger charge is 2.08. The normalized spacial score (nSPS) is 11.3. The minimum Gasteiger partial charge on any atom is -1.00 e. The molecule has 0 aliphatic heterocycles. The SMILES string of the molecule is CCCCCCCCCCCCOC(=O)/C=C/C(=O)OCC[N+](C)(C)C.[I-]. The molecule has 0 aliphatic carbocycles. The summed E-state index contributed by atoms with van der Waals surface area (Å²) < 4.78 is 10.8. The fraction of sp³-hybridized carbons (Fsp3) is 0.810. The van der Waals surface area contributed by atoms with Crippen LogP contribution in [0.4, 0.5) is 0 Å². The predicted molar refractivity (Wildman–Crippen MR) is 106 cm³/mol. The van der Waals surface area contributed by atoms with Gasteiger partial charge in [0.05, 0.1) is 27.7 Å². The van der Waals surface area contributed by atoms with Crippen molar-refractivity contribution in [2.45, 2.75) is 71.1 Å². The summed E-state index contributed by atoms with van der Waals surface area (Å²) in [6.07, 6.45) is 14.7. The number of halogens is 1. The van der Waals surface area contributed by atoms with Gasteiger partial charge in [0, 0.05) is 12.2 Å². The third-order valence-corrected chi connectivity index (χ3v) is 4.10. The topological polar surface area (TPSA) is 52.6 Å². The number of esters is 2. The third kappa shape index (κ3) is 23.3. The summed E-state index contributed by atoms with van der Waals surface area (Å²) in [4.78, 5) is 23.0. The monoisotopic (exact) mass is 497 g/mol. The van der Waals surface area contributed by atoms with E-state index in [9.17, 15) is 9.59 Å². The lowest BCUT2D eigenvalue weighted by atomic mass is 10.1. The molecule has 5 nitrogen and oxygen atoms in total. The van der Waals surface area contributed by atoms with Crippen LogP contribution in [0.5, 0.6) is 0 Å². The standard InChI is InChI=1S/C21H40NO4.HI/c1-5-6-7-8-9-10-11-12-13-14-18-25-20(23)15-16-21(24)26-19-17-22(2,3)4;/h15-16H,5-14,17-19H2,1-4H3;1H/q+1;/p-1/b16-15+;. The molecule has 0 radical (unpaired) electrons. The highest BCUT2D eigenvalue weighted by atomic mass is 127. The van der Waals surface area contributed by atoms with Gasteiger partial charge >= 0.3 is 11.9 Å². The van der Waals surface area contributed by atoms with Crippen molar-refractivity contribution in [3.8, 4) is 0 Å². The zero-order chi connectivity index (χ0) is 19.7. The van der Waals surface area contributed by atoms with Crippen LogP contribution in [0.25, 0.3) is 0 Å². The Kier molecular flexibility index (Phi) is 19.8. The van der Waals surface area contributed by atoms with Crippen LogP contribution in [0, 0.1) is 0 Å². The molecule has 0 amide bonds. The number of quaternary nitrogens is 1. The van der Waals surface area contributed by atoms with Crippen molar-refractivity contribution in [3.05, 3.63) is 12.2 Å². The van der Waals surface area contributed by atoms with Crippen LogP contribution in [0.15, 0.2) is 12.2 Å². The van der Waals surface area contributed by atoms with E-state index in [1.165, 1.54) is 51.4 Å². The molecule has 6 heteroatoms. The first kappa shape index (κ1) is 28.6. The van der Waals surface area contributed by atoms with Crippen molar-refractivity contribution in [2.24, 2.45) is 0 Å². The largest absolute Gasteiger partial charge is 1.00 e. The lowest BCUT2D eigenvalue weighted by Gasteiger charge is -2.23. The first-order chi connectivity index (χ1) is 12.3. The molecule has 0 aliphatic rings. The summed E-state index contributed by atoms with van der Waals surface area (Å²) in [7, 11) is 6.07. The number of nitrogens with zero attached hydrogens (tertiary/aromatic N) is 1. The Morgan fingerprint density at radius 3 is 1.56 bits per heavy atom. The van der Waals surface area contributed by atoms with Crippen molar-refractivity contribution in [2.75, 3.05) is 40.9 Å². The number of unbranched alkanes of at least 4 members (excludes halogenated alkanes) is 9. The van der Waals surface area contributed by atoms with Crippen LogP contribution in [0.2, 0.25) is 0 Å². The fourth-order valence-electron chi connectivity index (χ4n) is 2.41. The summed E-state index contributed by atoms with van der Waals surface area (Å²) in [5.41, 5.74) is 0. The molecular weight excluding hydrogens is 457 g/mol. The van der Waals surface area contributed by atoms with E-state index in [1.54, 1.807) is 0 Å². The van der Waals surface area contributed by atoms with Gasteiger partial charge < -0.3 is 37.9 Å². The van der Waals surface area contributed by atoms with Gasteiger partial charge in [-0.1, -0.05) is 64.7 Å². The molecule has 0 rings (SSSR count). The number of hydrogen-bond donors (Lipinski definition) is 0. The lowest BCUT2D eigenvalue weighted by Crippen LogP contribution is -3.00. The van der Waals surface area contributed by atoms with Gasteiger partial charge in [-0.2, -0.15) is 0 Å². The van der Waals surface area contributed by atoms with Gasteiger partial charge in [0.25, 0.3) is 0 Å². The van der Waals surface area contributed by atoms with Crippen LogP contribution in [-0.4, -0.2) is 57.3 Å². The Hall–Kier alpha value is -0.630. The summed E-state index contributed by atoms with van der Waals surface area (Å²) in [5.74, 6) is -0.987. The van der Waals surface area contributed by atoms with E-state index in [-0.39, 0.29) is 24.0 Å². The van der Waals surface area contributed by atoms with Gasteiger partial charge in [-0.15, -0.1) is 0 Å². The van der Waals surface area contributed by atoms with E-state index in [4.69, 9.17) is 9.47 Å². The predicted octanol–water partition coefficient (Wildman–Crippen LogP) is 1.26. The maximum atomic E-state index is 11.5. The molecule has 0 saturated carbocycles. The molecule has 27 heavy (non-hydrogen) atoms. The van der Waals surface area contributed by atoms with Gasteiger partial charge in [0.15, 0.2) is 0 Å². The summed E-state index contributed by atoms with van der Waals surface area (Å²) >= 11 is 0. The average molecular weight is 497 g/mol. The summed E-state index contributed by atoms with van der Waals surface area (Å²) in [5, 5.41) is 0. The Morgan fingerprint density at radius 1 is 0.704 bits per heavy atom. The molecule has 160 valence electrons. The Morgan fingerprint density at radius 2 is 1.11 bits per heavy atom. The molecule has 0 N–H and O–H groups in total. The van der Waals surface area contributed by atoms with E-state index in [0.717, 1.165) is 36.0 Å². The van der Waals surface area contributed by atoms with Gasteiger partial charge in [0.1, 0.15) is 13.2 Å². The molecule has 0 unspecified atom stereocenters.